The normalized spacial score (nSPS) is 16.4. The molecule has 1 saturated heterocycles. The van der Waals surface area contributed by atoms with Gasteiger partial charge in [0.15, 0.2) is 0 Å². The Morgan fingerprint density at radius 2 is 2.11 bits per heavy atom. The molecule has 1 fully saturated rings. The molecule has 9 heteroatoms. The number of aromatic amines is 1. The highest BCUT2D eigenvalue weighted by Crippen LogP contribution is 2.39. The number of anilines is 2. The molecule has 2 aliphatic heterocycles. The summed E-state index contributed by atoms with van der Waals surface area (Å²) in [5.74, 6) is 4.92. The highest BCUT2D eigenvalue weighted by molar-refractivity contribution is 5.94. The van der Waals surface area contributed by atoms with Crippen LogP contribution in [0.15, 0.2) is 53.6 Å². The van der Waals surface area contributed by atoms with E-state index in [1.807, 2.05) is 31.2 Å². The van der Waals surface area contributed by atoms with E-state index in [2.05, 4.69) is 26.9 Å². The predicted molar refractivity (Wildman–Crippen MR) is 134 cm³/mol. The number of benzene rings is 1. The third-order valence-electron chi connectivity index (χ3n) is 6.24. The number of aryl methyl sites for hydroxylation is 1. The number of nitrogens with zero attached hydrogens (tertiary/aromatic N) is 3. The molecule has 4 heterocycles. The van der Waals surface area contributed by atoms with Crippen molar-refractivity contribution >= 4 is 17.3 Å². The topological polar surface area (TPSA) is 97.0 Å². The zero-order valence-corrected chi connectivity index (χ0v) is 20.1. The Labute approximate surface area is 208 Å². The van der Waals surface area contributed by atoms with E-state index in [1.54, 1.807) is 24.3 Å². The molecule has 1 unspecified atom stereocenters. The van der Waals surface area contributed by atoms with E-state index in [4.69, 9.17) is 14.2 Å². The third kappa shape index (κ3) is 4.84. The van der Waals surface area contributed by atoms with Crippen LogP contribution in [-0.2, 0) is 0 Å². The maximum Gasteiger partial charge on any atom is 0.254 e. The molecular weight excluding hydrogens is 460 g/mol. The third-order valence-corrected chi connectivity index (χ3v) is 6.24. The highest BCUT2D eigenvalue weighted by atomic mass is 16.5. The van der Waals surface area contributed by atoms with Crippen LogP contribution in [0.25, 0.3) is 0 Å². The van der Waals surface area contributed by atoms with Crippen LogP contribution in [0.5, 0.6) is 17.4 Å². The number of fused-ring (bicyclic) bond motifs is 1. The molecule has 2 aliphatic rings. The number of amides is 1. The molecule has 0 spiro atoms. The van der Waals surface area contributed by atoms with Gasteiger partial charge >= 0.3 is 0 Å². The van der Waals surface area contributed by atoms with Crippen LogP contribution in [-0.4, -0.2) is 54.1 Å². The highest BCUT2D eigenvalue weighted by Gasteiger charge is 2.26. The summed E-state index contributed by atoms with van der Waals surface area (Å²) in [4.78, 5) is 34.9. The monoisotopic (exact) mass is 486 g/mol. The number of aromatic nitrogens is 2. The number of likely N-dealkylation sites (tertiary alicyclic amines) is 1. The van der Waals surface area contributed by atoms with E-state index in [0.29, 0.717) is 43.4 Å². The Morgan fingerprint density at radius 3 is 2.92 bits per heavy atom. The molecule has 1 atom stereocenters. The number of H-pyrrole nitrogens is 1. The second-order valence-corrected chi connectivity index (χ2v) is 8.68. The van der Waals surface area contributed by atoms with Crippen LogP contribution in [0.3, 0.4) is 0 Å². The van der Waals surface area contributed by atoms with Crippen LogP contribution in [0.2, 0.25) is 0 Å². The summed E-state index contributed by atoms with van der Waals surface area (Å²) in [6.45, 7) is 4.28. The van der Waals surface area contributed by atoms with Crippen LogP contribution in [0.4, 0.5) is 11.4 Å². The van der Waals surface area contributed by atoms with Gasteiger partial charge in [-0.05, 0) is 37.6 Å². The fraction of sp³-hybridized carbons (Fsp3) is 0.296. The molecule has 1 amide bonds. The first-order valence-electron chi connectivity index (χ1n) is 11.7. The minimum atomic E-state index is -0.294. The number of hydrogen-bond donors (Lipinski definition) is 1. The average molecular weight is 487 g/mol. The van der Waals surface area contributed by atoms with Gasteiger partial charge in [-0.3, -0.25) is 9.59 Å². The quantitative estimate of drug-likeness (QED) is 0.566. The molecule has 36 heavy (non-hydrogen) atoms. The molecule has 1 aromatic carbocycles. The Bertz CT molecular complexity index is 1410. The molecule has 5 rings (SSSR count). The summed E-state index contributed by atoms with van der Waals surface area (Å²) in [6, 6.07) is 10.6. The van der Waals surface area contributed by atoms with Gasteiger partial charge in [-0.2, -0.15) is 0 Å². The number of rotatable bonds is 4. The molecule has 9 nitrogen and oxygen atoms in total. The van der Waals surface area contributed by atoms with E-state index < -0.39 is 0 Å². The molecule has 0 bridgehead atoms. The van der Waals surface area contributed by atoms with E-state index in [0.717, 1.165) is 29.1 Å². The summed E-state index contributed by atoms with van der Waals surface area (Å²) in [5.41, 5.74) is 2.85. The molecule has 1 N–H and O–H groups in total. The van der Waals surface area contributed by atoms with Gasteiger partial charge in [0, 0.05) is 48.5 Å². The molecule has 0 radical (unpaired) electrons. The van der Waals surface area contributed by atoms with Crippen molar-refractivity contribution in [3.8, 4) is 29.4 Å². The van der Waals surface area contributed by atoms with Gasteiger partial charge in [0.2, 0.25) is 11.4 Å². The Morgan fingerprint density at radius 1 is 1.22 bits per heavy atom. The molecule has 184 valence electrons. The lowest BCUT2D eigenvalue weighted by atomic mass is 10.1. The lowest BCUT2D eigenvalue weighted by Gasteiger charge is -2.31. The smallest absolute Gasteiger partial charge is 0.254 e. The van der Waals surface area contributed by atoms with Gasteiger partial charge in [0.1, 0.15) is 24.2 Å². The number of pyridine rings is 2. The molecular formula is C27H26N4O5. The first-order valence-corrected chi connectivity index (χ1v) is 11.7. The van der Waals surface area contributed by atoms with Crippen LogP contribution >= 0.6 is 0 Å². The molecule has 0 aliphatic carbocycles. The lowest BCUT2D eigenvalue weighted by Crippen LogP contribution is -2.29. The van der Waals surface area contributed by atoms with Crippen LogP contribution in [0.1, 0.15) is 22.3 Å². The standard InChI is InChI=1S/C27H26N4O5/c1-18-13-21(16-29-26(18)34-2)31-10-12-36-24-4-3-22(15-23(24)31)35-11-7-19-6-9-30(17-19)27(33)20-5-8-28-25(32)14-20/h3-5,8,13-16,19H,6,9-10,12,17H2,1-2H3,(H,28,32). The van der Waals surface area contributed by atoms with Crippen molar-refractivity contribution < 1.29 is 19.0 Å². The summed E-state index contributed by atoms with van der Waals surface area (Å²) >= 11 is 0. The first kappa shape index (κ1) is 23.3. The zero-order chi connectivity index (χ0) is 25.1. The van der Waals surface area contributed by atoms with Crippen LogP contribution in [0, 0.1) is 24.9 Å². The Hall–Kier alpha value is -4.45. The fourth-order valence-corrected chi connectivity index (χ4v) is 4.43. The maximum atomic E-state index is 12.6. The van der Waals surface area contributed by atoms with Crippen molar-refractivity contribution in [1.82, 2.24) is 14.9 Å². The van der Waals surface area contributed by atoms with Gasteiger partial charge in [0.25, 0.3) is 5.91 Å². The second kappa shape index (κ2) is 10.0. The summed E-state index contributed by atoms with van der Waals surface area (Å²) in [6.07, 6.45) is 6.82. The second-order valence-electron chi connectivity index (χ2n) is 8.68. The molecule has 0 saturated carbocycles. The number of hydrogen-bond acceptors (Lipinski definition) is 7. The van der Waals surface area contributed by atoms with Gasteiger partial charge in [-0.1, -0.05) is 5.92 Å². The zero-order valence-electron chi connectivity index (χ0n) is 20.1. The van der Waals surface area contributed by atoms with Crippen molar-refractivity contribution in [3.63, 3.8) is 0 Å². The van der Waals surface area contributed by atoms with Crippen molar-refractivity contribution in [2.75, 3.05) is 38.3 Å². The lowest BCUT2D eigenvalue weighted by molar-refractivity contribution is 0.0789. The van der Waals surface area contributed by atoms with Crippen molar-refractivity contribution in [2.24, 2.45) is 5.92 Å². The molecule has 3 aromatic rings. The van der Waals surface area contributed by atoms with E-state index in [1.165, 1.54) is 12.3 Å². The number of carbonyl (C=O) groups excluding carboxylic acids is 1. The van der Waals surface area contributed by atoms with E-state index >= 15 is 0 Å². The SMILES string of the molecule is COc1ncc(N2CCOc3ccc(OC#CC4CCN(C(=O)c5cc[nH]c(=O)c5)C4)cc32)cc1C. The Balaban J connectivity index is 1.26. The van der Waals surface area contributed by atoms with E-state index in [-0.39, 0.29) is 17.4 Å². The van der Waals surface area contributed by atoms with Gasteiger partial charge < -0.3 is 29.0 Å². The largest absolute Gasteiger partial charge is 0.490 e. The van der Waals surface area contributed by atoms with Crippen molar-refractivity contribution in [3.05, 3.63) is 70.3 Å². The predicted octanol–water partition coefficient (Wildman–Crippen LogP) is 3.12. The minimum absolute atomic E-state index is 0.00162. The fourth-order valence-electron chi connectivity index (χ4n) is 4.43. The number of carbonyl (C=O) groups is 1. The van der Waals surface area contributed by atoms with Crippen molar-refractivity contribution in [2.45, 2.75) is 13.3 Å². The Kier molecular flexibility index (Phi) is 6.50. The van der Waals surface area contributed by atoms with Crippen molar-refractivity contribution in [1.29, 1.82) is 0 Å². The summed E-state index contributed by atoms with van der Waals surface area (Å²) in [7, 11) is 1.61. The summed E-state index contributed by atoms with van der Waals surface area (Å²) in [5, 5.41) is 0. The first-order chi connectivity index (χ1) is 17.5. The number of nitrogens with one attached hydrogen (secondary N) is 1. The van der Waals surface area contributed by atoms with E-state index in [9.17, 15) is 9.59 Å². The molecule has 2 aromatic heterocycles. The average Bonchev–Trinajstić information content (AvgIpc) is 3.36. The summed E-state index contributed by atoms with van der Waals surface area (Å²) < 4.78 is 16.9. The van der Waals surface area contributed by atoms with Gasteiger partial charge in [0.05, 0.1) is 31.2 Å². The number of methoxy groups -OCH3 is 1. The van der Waals surface area contributed by atoms with Gasteiger partial charge in [-0.15, -0.1) is 0 Å². The maximum absolute atomic E-state index is 12.6. The van der Waals surface area contributed by atoms with Crippen LogP contribution < -0.4 is 24.7 Å². The minimum Gasteiger partial charge on any atom is -0.490 e. The number of ether oxygens (including phenoxy) is 3. The van der Waals surface area contributed by atoms with Gasteiger partial charge in [-0.25, -0.2) is 4.98 Å².